The Balaban J connectivity index is 0.000000430. The normalized spacial score (nSPS) is 9.04. The molecule has 0 fully saturated rings. The third-order valence-corrected chi connectivity index (χ3v) is 2.56. The first-order valence-corrected chi connectivity index (χ1v) is 7.48. The van der Waals surface area contributed by atoms with E-state index in [1.54, 1.807) is 13.8 Å². The molecule has 9 nitrogen and oxygen atoms in total. The highest BCUT2D eigenvalue weighted by molar-refractivity contribution is 5.90. The number of hydrogen-bond donors (Lipinski definition) is 1. The summed E-state index contributed by atoms with van der Waals surface area (Å²) >= 11 is 0. The first kappa shape index (κ1) is 22.1. The van der Waals surface area contributed by atoms with Crippen LogP contribution < -0.4 is 0 Å². The lowest BCUT2D eigenvalue weighted by molar-refractivity contribution is -0.0760. The van der Waals surface area contributed by atoms with Crippen LogP contribution in [-0.2, 0) is 4.84 Å². The van der Waals surface area contributed by atoms with Crippen LogP contribution in [0.3, 0.4) is 0 Å². The molecule has 0 aliphatic carbocycles. The van der Waals surface area contributed by atoms with Crippen molar-refractivity contribution < 1.29 is 19.5 Å². The average molecular weight is 349 g/mol. The molecule has 0 radical (unpaired) electrons. The molecule has 0 atom stereocenters. The molecule has 2 aromatic heterocycles. The van der Waals surface area contributed by atoms with E-state index in [1.165, 1.54) is 38.9 Å². The molecule has 2 rings (SSSR count). The van der Waals surface area contributed by atoms with Gasteiger partial charge in [-0.2, -0.15) is 0 Å². The van der Waals surface area contributed by atoms with Crippen LogP contribution in [0.15, 0.2) is 24.8 Å². The van der Waals surface area contributed by atoms with E-state index in [4.69, 9.17) is 9.94 Å². The standard InChI is InChI=1S/C8H11N3O2.C6H6N2O2.C2H6/c1-6-4-10-7(5-9-6)8(12)11(2)13-3;1-4-2-8-5(3-7-4)6(9)10;1-2/h4-5H,1-3H3;2-3H,1H3,(H,9,10);1-2H3. The lowest BCUT2D eigenvalue weighted by atomic mass is 10.4. The number of aryl methyl sites for hydroxylation is 2. The Morgan fingerprint density at radius 3 is 1.68 bits per heavy atom. The predicted molar refractivity (Wildman–Crippen MR) is 90.9 cm³/mol. The number of aromatic carboxylic acids is 1. The zero-order valence-corrected chi connectivity index (χ0v) is 15.2. The fraction of sp³-hybridized carbons (Fsp3) is 0.375. The summed E-state index contributed by atoms with van der Waals surface area (Å²) in [4.78, 5) is 41.5. The second-order valence-electron chi connectivity index (χ2n) is 4.38. The van der Waals surface area contributed by atoms with Crippen molar-refractivity contribution in [1.29, 1.82) is 0 Å². The van der Waals surface area contributed by atoms with Gasteiger partial charge in [0.1, 0.15) is 5.69 Å². The molecule has 1 amide bonds. The minimum atomic E-state index is -1.05. The molecule has 1 N–H and O–H groups in total. The molecule has 0 unspecified atom stereocenters. The second kappa shape index (κ2) is 11.6. The lowest BCUT2D eigenvalue weighted by Crippen LogP contribution is -2.26. The van der Waals surface area contributed by atoms with Crippen LogP contribution in [0.25, 0.3) is 0 Å². The van der Waals surface area contributed by atoms with Crippen molar-refractivity contribution in [2.75, 3.05) is 14.2 Å². The number of carboxylic acids is 1. The van der Waals surface area contributed by atoms with E-state index in [1.807, 2.05) is 13.8 Å². The smallest absolute Gasteiger partial charge is 0.356 e. The monoisotopic (exact) mass is 349 g/mol. The zero-order valence-electron chi connectivity index (χ0n) is 15.2. The Labute approximate surface area is 146 Å². The number of nitrogens with zero attached hydrogens (tertiary/aromatic N) is 5. The first-order valence-electron chi connectivity index (χ1n) is 7.48. The fourth-order valence-electron chi connectivity index (χ4n) is 1.25. The van der Waals surface area contributed by atoms with Crippen LogP contribution in [0.2, 0.25) is 0 Å². The summed E-state index contributed by atoms with van der Waals surface area (Å²) in [6.45, 7) is 7.56. The van der Waals surface area contributed by atoms with Gasteiger partial charge in [0.25, 0.3) is 5.91 Å². The van der Waals surface area contributed by atoms with Gasteiger partial charge in [0.2, 0.25) is 0 Å². The Morgan fingerprint density at radius 2 is 1.36 bits per heavy atom. The highest BCUT2D eigenvalue weighted by Crippen LogP contribution is 1.98. The minimum absolute atomic E-state index is 0.0226. The van der Waals surface area contributed by atoms with E-state index >= 15 is 0 Å². The van der Waals surface area contributed by atoms with Crippen molar-refractivity contribution in [2.24, 2.45) is 0 Å². The first-order chi connectivity index (χ1) is 11.8. The molecule has 0 spiro atoms. The third kappa shape index (κ3) is 7.93. The zero-order chi connectivity index (χ0) is 19.4. The van der Waals surface area contributed by atoms with Crippen molar-refractivity contribution in [1.82, 2.24) is 25.0 Å². The number of rotatable bonds is 3. The van der Waals surface area contributed by atoms with Crippen molar-refractivity contribution in [2.45, 2.75) is 27.7 Å². The molecule has 0 aliphatic rings. The van der Waals surface area contributed by atoms with Crippen LogP contribution in [0.1, 0.15) is 46.2 Å². The predicted octanol–water partition coefficient (Wildman–Crippen LogP) is 1.93. The van der Waals surface area contributed by atoms with Gasteiger partial charge in [-0.15, -0.1) is 0 Å². The SMILES string of the molecule is CC.CON(C)C(=O)c1cnc(C)cn1.Cc1cnc(C(=O)O)cn1. The molecular weight excluding hydrogens is 326 g/mol. The summed E-state index contributed by atoms with van der Waals surface area (Å²) in [6, 6.07) is 0. The van der Waals surface area contributed by atoms with Crippen molar-refractivity contribution >= 4 is 11.9 Å². The number of amides is 1. The quantitative estimate of drug-likeness (QED) is 0.835. The van der Waals surface area contributed by atoms with E-state index in [0.29, 0.717) is 5.69 Å². The van der Waals surface area contributed by atoms with Gasteiger partial charge in [-0.25, -0.2) is 19.8 Å². The van der Waals surface area contributed by atoms with E-state index in [2.05, 4.69) is 19.9 Å². The maximum atomic E-state index is 11.4. The van der Waals surface area contributed by atoms with Gasteiger partial charge in [0.05, 0.1) is 30.9 Å². The lowest BCUT2D eigenvalue weighted by Gasteiger charge is -2.12. The Hall–Kier alpha value is -2.94. The molecule has 9 heteroatoms. The third-order valence-electron chi connectivity index (χ3n) is 2.56. The van der Waals surface area contributed by atoms with E-state index < -0.39 is 5.97 Å². The molecule has 2 aromatic rings. The van der Waals surface area contributed by atoms with Gasteiger partial charge in [-0.05, 0) is 13.8 Å². The number of hydrogen-bond acceptors (Lipinski definition) is 7. The van der Waals surface area contributed by atoms with E-state index in [9.17, 15) is 9.59 Å². The fourth-order valence-corrected chi connectivity index (χ4v) is 1.25. The number of carboxylic acid groups (broad SMARTS) is 1. The number of aromatic nitrogens is 4. The number of carbonyl (C=O) groups is 2. The van der Waals surface area contributed by atoms with Gasteiger partial charge >= 0.3 is 5.97 Å². The minimum Gasteiger partial charge on any atom is -0.476 e. The Bertz CT molecular complexity index is 659. The summed E-state index contributed by atoms with van der Waals surface area (Å²) in [5, 5.41) is 9.47. The maximum absolute atomic E-state index is 11.4. The molecule has 0 aliphatic heterocycles. The van der Waals surface area contributed by atoms with Crippen molar-refractivity contribution in [3.63, 3.8) is 0 Å². The summed E-state index contributed by atoms with van der Waals surface area (Å²) < 4.78 is 0. The average Bonchev–Trinajstić information content (AvgIpc) is 2.63. The Kier molecular flexibility index (Phi) is 10.2. The molecule has 2 heterocycles. The van der Waals surface area contributed by atoms with Crippen LogP contribution in [0.4, 0.5) is 0 Å². The highest BCUT2D eigenvalue weighted by Gasteiger charge is 2.12. The largest absolute Gasteiger partial charge is 0.476 e. The molecule has 25 heavy (non-hydrogen) atoms. The molecule has 0 bridgehead atoms. The molecule has 0 saturated carbocycles. The molecular formula is C16H23N5O4. The van der Waals surface area contributed by atoms with Crippen molar-refractivity contribution in [3.8, 4) is 0 Å². The summed E-state index contributed by atoms with van der Waals surface area (Å²) in [6.07, 6.45) is 5.62. The summed E-state index contributed by atoms with van der Waals surface area (Å²) in [7, 11) is 2.93. The van der Waals surface area contributed by atoms with Crippen LogP contribution in [-0.4, -0.2) is 56.1 Å². The molecule has 0 saturated heterocycles. The van der Waals surface area contributed by atoms with Crippen LogP contribution >= 0.6 is 0 Å². The van der Waals surface area contributed by atoms with Gasteiger partial charge < -0.3 is 5.11 Å². The van der Waals surface area contributed by atoms with Gasteiger partial charge in [-0.3, -0.25) is 19.6 Å². The number of carbonyl (C=O) groups excluding carboxylic acids is 1. The van der Waals surface area contributed by atoms with Crippen LogP contribution in [0, 0.1) is 13.8 Å². The maximum Gasteiger partial charge on any atom is 0.356 e. The van der Waals surface area contributed by atoms with Gasteiger partial charge in [-0.1, -0.05) is 13.8 Å². The van der Waals surface area contributed by atoms with E-state index in [-0.39, 0.29) is 17.3 Å². The Morgan fingerprint density at radius 1 is 0.920 bits per heavy atom. The van der Waals surface area contributed by atoms with Crippen LogP contribution in [0.5, 0.6) is 0 Å². The van der Waals surface area contributed by atoms with Gasteiger partial charge in [0, 0.05) is 19.4 Å². The number of hydroxylamine groups is 2. The molecule has 0 aromatic carbocycles. The highest BCUT2D eigenvalue weighted by atomic mass is 16.7. The topological polar surface area (TPSA) is 118 Å². The van der Waals surface area contributed by atoms with Gasteiger partial charge in [0.15, 0.2) is 5.69 Å². The second-order valence-corrected chi connectivity index (χ2v) is 4.38. The van der Waals surface area contributed by atoms with Crippen molar-refractivity contribution in [3.05, 3.63) is 47.6 Å². The van der Waals surface area contributed by atoms with E-state index in [0.717, 1.165) is 10.8 Å². The summed E-state index contributed by atoms with van der Waals surface area (Å²) in [5.41, 5.74) is 1.74. The summed E-state index contributed by atoms with van der Waals surface area (Å²) in [5.74, 6) is -1.36. The molecule has 136 valence electrons.